The van der Waals surface area contributed by atoms with E-state index in [9.17, 15) is 9.18 Å². The lowest BCUT2D eigenvalue weighted by Crippen LogP contribution is -2.21. The van der Waals surface area contributed by atoms with Gasteiger partial charge < -0.3 is 15.4 Å². The predicted octanol–water partition coefficient (Wildman–Crippen LogP) is 2.09. The molecule has 1 atom stereocenters. The van der Waals surface area contributed by atoms with Crippen molar-refractivity contribution in [1.82, 2.24) is 4.90 Å². The van der Waals surface area contributed by atoms with E-state index in [2.05, 4.69) is 0 Å². The van der Waals surface area contributed by atoms with Gasteiger partial charge in [-0.1, -0.05) is 0 Å². The summed E-state index contributed by atoms with van der Waals surface area (Å²) < 4.78 is 18.7. The number of rotatable bonds is 6. The molecule has 19 heavy (non-hydrogen) atoms. The number of ether oxygens (including phenoxy) is 1. The Morgan fingerprint density at radius 2 is 2.16 bits per heavy atom. The summed E-state index contributed by atoms with van der Waals surface area (Å²) in [6.45, 7) is 2.18. The number of amides is 1. The Morgan fingerprint density at radius 3 is 2.74 bits per heavy atom. The summed E-state index contributed by atoms with van der Waals surface area (Å²) in [6, 6.07) is 3.99. The lowest BCUT2D eigenvalue weighted by molar-refractivity contribution is -0.128. The third-order valence-corrected chi connectivity index (χ3v) is 2.75. The molecule has 0 aliphatic heterocycles. The summed E-state index contributed by atoms with van der Waals surface area (Å²) >= 11 is 0. The molecule has 0 bridgehead atoms. The van der Waals surface area contributed by atoms with Gasteiger partial charge in [0.25, 0.3) is 0 Å². The molecule has 2 N–H and O–H groups in total. The van der Waals surface area contributed by atoms with Crippen LogP contribution in [0.2, 0.25) is 0 Å². The summed E-state index contributed by atoms with van der Waals surface area (Å²) in [5, 5.41) is 0. The Bertz CT molecular complexity index is 433. The van der Waals surface area contributed by atoms with Crippen molar-refractivity contribution in [3.8, 4) is 5.75 Å². The third kappa shape index (κ3) is 4.87. The molecule has 5 heteroatoms. The quantitative estimate of drug-likeness (QED) is 0.804. The Hall–Kier alpha value is -1.62. The van der Waals surface area contributed by atoms with Crippen LogP contribution in [0.5, 0.6) is 5.75 Å². The van der Waals surface area contributed by atoms with Gasteiger partial charge >= 0.3 is 0 Å². The average molecular weight is 268 g/mol. The number of hydrogen-bond acceptors (Lipinski definition) is 3. The van der Waals surface area contributed by atoms with E-state index in [-0.39, 0.29) is 17.8 Å². The van der Waals surface area contributed by atoms with Crippen molar-refractivity contribution in [2.75, 3.05) is 20.7 Å². The smallest absolute Gasteiger partial charge is 0.222 e. The maximum absolute atomic E-state index is 13.1. The normalized spacial score (nSPS) is 12.1. The van der Waals surface area contributed by atoms with E-state index in [1.165, 1.54) is 12.1 Å². The van der Waals surface area contributed by atoms with E-state index < -0.39 is 0 Å². The Morgan fingerprint density at radius 1 is 1.47 bits per heavy atom. The van der Waals surface area contributed by atoms with Crippen LogP contribution in [0.15, 0.2) is 18.2 Å². The maximum Gasteiger partial charge on any atom is 0.222 e. The summed E-state index contributed by atoms with van der Waals surface area (Å²) in [7, 11) is 3.44. The number of carbonyl (C=O) groups is 1. The van der Waals surface area contributed by atoms with Gasteiger partial charge in [-0.3, -0.25) is 4.79 Å². The van der Waals surface area contributed by atoms with Crippen LogP contribution in [-0.4, -0.2) is 31.5 Å². The summed E-state index contributed by atoms with van der Waals surface area (Å²) in [6.07, 6.45) is 1.05. The number of nitrogens with two attached hydrogens (primary N) is 1. The van der Waals surface area contributed by atoms with Gasteiger partial charge in [0.15, 0.2) is 0 Å². The van der Waals surface area contributed by atoms with E-state index in [1.54, 1.807) is 32.0 Å². The van der Waals surface area contributed by atoms with Crippen molar-refractivity contribution in [2.45, 2.75) is 25.8 Å². The average Bonchev–Trinajstić information content (AvgIpc) is 2.35. The van der Waals surface area contributed by atoms with Crippen LogP contribution < -0.4 is 10.5 Å². The molecule has 1 amide bonds. The van der Waals surface area contributed by atoms with Gasteiger partial charge in [0.05, 0.1) is 6.61 Å². The minimum atomic E-state index is -0.331. The molecule has 1 rings (SSSR count). The second-order valence-corrected chi connectivity index (χ2v) is 4.71. The van der Waals surface area contributed by atoms with Crippen LogP contribution >= 0.6 is 0 Å². The molecule has 0 aromatic heterocycles. The molecule has 0 fully saturated rings. The first kappa shape index (κ1) is 15.4. The first-order valence-corrected chi connectivity index (χ1v) is 6.29. The molecule has 4 nitrogen and oxygen atoms in total. The molecule has 1 aromatic rings. The molecule has 0 unspecified atom stereocenters. The zero-order valence-electron chi connectivity index (χ0n) is 11.6. The largest absolute Gasteiger partial charge is 0.493 e. The fraction of sp³-hybridized carbons (Fsp3) is 0.500. The van der Waals surface area contributed by atoms with Gasteiger partial charge in [-0.05, 0) is 31.5 Å². The van der Waals surface area contributed by atoms with Gasteiger partial charge in [0.2, 0.25) is 5.91 Å². The van der Waals surface area contributed by atoms with E-state index >= 15 is 0 Å². The zero-order valence-corrected chi connectivity index (χ0v) is 11.6. The number of halogens is 1. The minimum absolute atomic E-state index is 0.0649. The minimum Gasteiger partial charge on any atom is -0.493 e. The van der Waals surface area contributed by atoms with Gasteiger partial charge in [-0.2, -0.15) is 0 Å². The van der Waals surface area contributed by atoms with Gasteiger partial charge in [0.1, 0.15) is 11.6 Å². The third-order valence-electron chi connectivity index (χ3n) is 2.75. The van der Waals surface area contributed by atoms with Crippen molar-refractivity contribution in [2.24, 2.45) is 5.73 Å². The van der Waals surface area contributed by atoms with Gasteiger partial charge in [-0.25, -0.2) is 4.39 Å². The fourth-order valence-electron chi connectivity index (χ4n) is 1.64. The second kappa shape index (κ2) is 7.09. The van der Waals surface area contributed by atoms with Crippen molar-refractivity contribution in [3.05, 3.63) is 29.6 Å². The molecule has 106 valence electrons. The molecule has 1 aromatic carbocycles. The van der Waals surface area contributed by atoms with Crippen molar-refractivity contribution < 1.29 is 13.9 Å². The Labute approximate surface area is 113 Å². The lowest BCUT2D eigenvalue weighted by Gasteiger charge is -2.14. The van der Waals surface area contributed by atoms with Gasteiger partial charge in [-0.15, -0.1) is 0 Å². The van der Waals surface area contributed by atoms with E-state index in [0.29, 0.717) is 30.8 Å². The second-order valence-electron chi connectivity index (χ2n) is 4.71. The number of hydrogen-bond donors (Lipinski definition) is 1. The molecule has 0 aliphatic carbocycles. The Balaban J connectivity index is 2.52. The molecule has 0 saturated heterocycles. The first-order valence-electron chi connectivity index (χ1n) is 6.29. The highest BCUT2D eigenvalue weighted by molar-refractivity contribution is 5.75. The Kier molecular flexibility index (Phi) is 5.76. The lowest BCUT2D eigenvalue weighted by atomic mass is 10.1. The van der Waals surface area contributed by atoms with E-state index in [4.69, 9.17) is 10.5 Å². The van der Waals surface area contributed by atoms with Crippen molar-refractivity contribution >= 4 is 5.91 Å². The van der Waals surface area contributed by atoms with Crippen LogP contribution in [0.25, 0.3) is 0 Å². The van der Waals surface area contributed by atoms with Crippen LogP contribution in [-0.2, 0) is 4.79 Å². The van der Waals surface area contributed by atoms with Crippen LogP contribution in [0.1, 0.15) is 31.4 Å². The van der Waals surface area contributed by atoms with Crippen LogP contribution in [0.4, 0.5) is 4.39 Å². The van der Waals surface area contributed by atoms with E-state index in [1.807, 2.05) is 0 Å². The highest BCUT2D eigenvalue weighted by atomic mass is 19.1. The van der Waals surface area contributed by atoms with Gasteiger partial charge in [0, 0.05) is 32.1 Å². The van der Waals surface area contributed by atoms with Crippen LogP contribution in [0, 0.1) is 5.82 Å². The SMILES string of the molecule is C[C@@H](N)c1cc(F)ccc1OCCCC(=O)N(C)C. The zero-order chi connectivity index (χ0) is 14.4. The molecule has 0 aliphatic rings. The highest BCUT2D eigenvalue weighted by Gasteiger charge is 2.10. The number of carbonyl (C=O) groups excluding carboxylic acids is 1. The van der Waals surface area contributed by atoms with Crippen LogP contribution in [0.3, 0.4) is 0 Å². The standard InChI is InChI=1S/C14H21FN2O2/c1-10(16)12-9-11(15)6-7-13(12)19-8-4-5-14(18)17(2)3/h6-7,9-10H,4-5,8,16H2,1-3H3/t10-/m1/s1. The molecule has 0 saturated carbocycles. The fourth-order valence-corrected chi connectivity index (χ4v) is 1.64. The summed E-state index contributed by atoms with van der Waals surface area (Å²) in [5.41, 5.74) is 6.41. The van der Waals surface area contributed by atoms with Crippen molar-refractivity contribution in [3.63, 3.8) is 0 Å². The molecule has 0 heterocycles. The maximum atomic E-state index is 13.1. The molecule has 0 radical (unpaired) electrons. The highest BCUT2D eigenvalue weighted by Crippen LogP contribution is 2.24. The predicted molar refractivity (Wildman–Crippen MR) is 72.4 cm³/mol. The molecular weight excluding hydrogens is 247 g/mol. The number of nitrogens with zero attached hydrogens (tertiary/aromatic N) is 1. The monoisotopic (exact) mass is 268 g/mol. The topological polar surface area (TPSA) is 55.6 Å². The number of benzene rings is 1. The van der Waals surface area contributed by atoms with Crippen molar-refractivity contribution in [1.29, 1.82) is 0 Å². The summed E-state index contributed by atoms with van der Waals surface area (Å²) in [5.74, 6) is 0.311. The summed E-state index contributed by atoms with van der Waals surface area (Å²) in [4.78, 5) is 12.9. The van der Waals surface area contributed by atoms with E-state index in [0.717, 1.165) is 0 Å². The first-order chi connectivity index (χ1) is 8.91. The molecule has 0 spiro atoms. The molecular formula is C14H21FN2O2.